The third-order valence-electron chi connectivity index (χ3n) is 5.51. The van der Waals surface area contributed by atoms with Crippen molar-refractivity contribution in [1.29, 1.82) is 0 Å². The molecule has 0 radical (unpaired) electrons. The van der Waals surface area contributed by atoms with Crippen LogP contribution in [0.4, 0.5) is 0 Å². The van der Waals surface area contributed by atoms with Gasteiger partial charge in [-0.3, -0.25) is 4.90 Å². The van der Waals surface area contributed by atoms with Crippen molar-refractivity contribution < 1.29 is 5.11 Å². The standard InChI is InChI=1S/C18H26N4O/c1-20-13-16(23)10-18(14-20)5-8-21(9-6-18)11-15-12-22-7-3-2-4-17(22)19-15/h2-4,7,12,16,23H,5-6,8-11,13-14H2,1H3. The summed E-state index contributed by atoms with van der Waals surface area (Å²) in [6, 6.07) is 6.11. The van der Waals surface area contributed by atoms with Crippen molar-refractivity contribution in [3.05, 3.63) is 36.3 Å². The largest absolute Gasteiger partial charge is 0.392 e. The molecule has 0 saturated carbocycles. The van der Waals surface area contributed by atoms with Crippen molar-refractivity contribution in [3.63, 3.8) is 0 Å². The topological polar surface area (TPSA) is 44.0 Å². The van der Waals surface area contributed by atoms with E-state index in [-0.39, 0.29) is 6.10 Å². The second-order valence-corrected chi connectivity index (χ2v) is 7.53. The highest BCUT2D eigenvalue weighted by Crippen LogP contribution is 2.39. The Labute approximate surface area is 137 Å². The van der Waals surface area contributed by atoms with Crippen molar-refractivity contribution in [3.8, 4) is 0 Å². The molecule has 4 rings (SSSR count). The fourth-order valence-corrected chi connectivity index (χ4v) is 4.47. The molecule has 2 aromatic heterocycles. The third-order valence-corrected chi connectivity index (χ3v) is 5.51. The minimum atomic E-state index is -0.154. The summed E-state index contributed by atoms with van der Waals surface area (Å²) in [4.78, 5) is 9.51. The highest BCUT2D eigenvalue weighted by Gasteiger charge is 2.40. The average molecular weight is 314 g/mol. The number of aromatic nitrogens is 2. The summed E-state index contributed by atoms with van der Waals surface area (Å²) in [5, 5.41) is 10.1. The molecule has 0 amide bonds. The number of likely N-dealkylation sites (tertiary alicyclic amines) is 2. The van der Waals surface area contributed by atoms with Gasteiger partial charge in [0, 0.05) is 32.0 Å². The number of piperidine rings is 2. The Hall–Kier alpha value is -1.43. The van der Waals surface area contributed by atoms with Gasteiger partial charge in [0.15, 0.2) is 0 Å². The van der Waals surface area contributed by atoms with Gasteiger partial charge in [0.2, 0.25) is 0 Å². The maximum absolute atomic E-state index is 10.1. The summed E-state index contributed by atoms with van der Waals surface area (Å²) in [7, 11) is 2.13. The van der Waals surface area contributed by atoms with E-state index in [1.165, 1.54) is 12.8 Å². The smallest absolute Gasteiger partial charge is 0.137 e. The fraction of sp³-hybridized carbons (Fsp3) is 0.611. The number of β-amino-alcohol motifs (C(OH)–C–C–N with tert-alkyl or cyclic N) is 1. The van der Waals surface area contributed by atoms with Crippen LogP contribution in [-0.4, -0.2) is 63.6 Å². The molecule has 2 fully saturated rings. The quantitative estimate of drug-likeness (QED) is 0.915. The van der Waals surface area contributed by atoms with Crippen LogP contribution in [0, 0.1) is 5.41 Å². The predicted molar refractivity (Wildman–Crippen MR) is 90.3 cm³/mol. The maximum Gasteiger partial charge on any atom is 0.137 e. The zero-order valence-corrected chi connectivity index (χ0v) is 13.9. The first-order chi connectivity index (χ1) is 11.1. The molecule has 124 valence electrons. The summed E-state index contributed by atoms with van der Waals surface area (Å²) in [5.74, 6) is 0. The summed E-state index contributed by atoms with van der Waals surface area (Å²) in [6.45, 7) is 5.10. The Morgan fingerprint density at radius 1 is 1.30 bits per heavy atom. The number of aliphatic hydroxyl groups excluding tert-OH is 1. The normalized spacial score (nSPS) is 26.1. The van der Waals surface area contributed by atoms with Crippen LogP contribution in [0.3, 0.4) is 0 Å². The molecule has 5 heteroatoms. The lowest BCUT2D eigenvalue weighted by molar-refractivity contribution is -0.0332. The number of imidazole rings is 1. The second kappa shape index (κ2) is 5.89. The zero-order valence-electron chi connectivity index (χ0n) is 13.9. The molecule has 0 aromatic carbocycles. The van der Waals surface area contributed by atoms with Crippen LogP contribution in [0.2, 0.25) is 0 Å². The lowest BCUT2D eigenvalue weighted by Crippen LogP contribution is -2.52. The summed E-state index contributed by atoms with van der Waals surface area (Å²) >= 11 is 0. The number of hydrogen-bond acceptors (Lipinski definition) is 4. The molecule has 1 N–H and O–H groups in total. The molecule has 2 aromatic rings. The Morgan fingerprint density at radius 2 is 2.13 bits per heavy atom. The number of nitrogens with zero attached hydrogens (tertiary/aromatic N) is 4. The molecule has 1 spiro atoms. The van der Waals surface area contributed by atoms with Gasteiger partial charge in [-0.15, -0.1) is 0 Å². The van der Waals surface area contributed by atoms with Gasteiger partial charge in [0.1, 0.15) is 5.65 Å². The molecule has 2 saturated heterocycles. The lowest BCUT2D eigenvalue weighted by Gasteiger charge is -2.48. The van der Waals surface area contributed by atoms with Crippen molar-refractivity contribution in [1.82, 2.24) is 19.2 Å². The third kappa shape index (κ3) is 3.13. The Kier molecular flexibility index (Phi) is 3.87. The van der Waals surface area contributed by atoms with E-state index in [1.807, 2.05) is 18.2 Å². The highest BCUT2D eigenvalue weighted by atomic mass is 16.3. The number of likely N-dealkylation sites (N-methyl/N-ethyl adjacent to an activating group) is 1. The van der Waals surface area contributed by atoms with Gasteiger partial charge in [-0.2, -0.15) is 0 Å². The zero-order chi connectivity index (χ0) is 15.9. The molecule has 4 heterocycles. The molecule has 2 aliphatic heterocycles. The molecule has 0 bridgehead atoms. The number of aliphatic hydroxyl groups is 1. The maximum atomic E-state index is 10.1. The van der Waals surface area contributed by atoms with Gasteiger partial charge in [-0.1, -0.05) is 6.07 Å². The fourth-order valence-electron chi connectivity index (χ4n) is 4.47. The second-order valence-electron chi connectivity index (χ2n) is 7.53. The van der Waals surface area contributed by atoms with Gasteiger partial charge in [0.25, 0.3) is 0 Å². The van der Waals surface area contributed by atoms with Gasteiger partial charge in [-0.05, 0) is 56.9 Å². The van der Waals surface area contributed by atoms with E-state index in [9.17, 15) is 5.11 Å². The van der Waals surface area contributed by atoms with Crippen LogP contribution >= 0.6 is 0 Å². The Morgan fingerprint density at radius 3 is 2.87 bits per heavy atom. The van der Waals surface area contributed by atoms with Gasteiger partial charge < -0.3 is 14.4 Å². The van der Waals surface area contributed by atoms with Gasteiger partial charge in [-0.25, -0.2) is 4.98 Å². The van der Waals surface area contributed by atoms with Crippen molar-refractivity contribution in [2.24, 2.45) is 5.41 Å². The van der Waals surface area contributed by atoms with Crippen LogP contribution in [-0.2, 0) is 6.54 Å². The summed E-state index contributed by atoms with van der Waals surface area (Å²) in [5.41, 5.74) is 2.49. The monoisotopic (exact) mass is 314 g/mol. The predicted octanol–water partition coefficient (Wildman–Crippen LogP) is 1.61. The summed E-state index contributed by atoms with van der Waals surface area (Å²) in [6.07, 6.45) is 7.37. The first-order valence-electron chi connectivity index (χ1n) is 8.64. The Balaban J connectivity index is 1.39. The number of rotatable bonds is 2. The SMILES string of the molecule is CN1CC(O)CC2(CCN(Cc3cn4ccccc4n3)CC2)C1. The van der Waals surface area contributed by atoms with E-state index in [0.717, 1.165) is 50.5 Å². The van der Waals surface area contributed by atoms with E-state index in [0.29, 0.717) is 5.41 Å². The molecule has 23 heavy (non-hydrogen) atoms. The van der Waals surface area contributed by atoms with E-state index in [2.05, 4.69) is 33.6 Å². The van der Waals surface area contributed by atoms with E-state index >= 15 is 0 Å². The molecular weight excluding hydrogens is 288 g/mol. The number of fused-ring (bicyclic) bond motifs is 1. The molecule has 0 aliphatic carbocycles. The van der Waals surface area contributed by atoms with E-state index in [1.54, 1.807) is 0 Å². The van der Waals surface area contributed by atoms with Crippen molar-refractivity contribution in [2.45, 2.75) is 31.9 Å². The average Bonchev–Trinajstić information content (AvgIpc) is 2.91. The number of pyridine rings is 1. The minimum absolute atomic E-state index is 0.154. The molecule has 1 unspecified atom stereocenters. The van der Waals surface area contributed by atoms with Gasteiger partial charge in [0.05, 0.1) is 11.8 Å². The van der Waals surface area contributed by atoms with Crippen LogP contribution in [0.25, 0.3) is 5.65 Å². The van der Waals surface area contributed by atoms with Crippen molar-refractivity contribution >= 4 is 5.65 Å². The first-order valence-corrected chi connectivity index (χ1v) is 8.64. The highest BCUT2D eigenvalue weighted by molar-refractivity contribution is 5.39. The molecule has 2 aliphatic rings. The minimum Gasteiger partial charge on any atom is -0.392 e. The van der Waals surface area contributed by atoms with Crippen LogP contribution in [0.5, 0.6) is 0 Å². The van der Waals surface area contributed by atoms with Crippen LogP contribution in [0.1, 0.15) is 25.0 Å². The van der Waals surface area contributed by atoms with Crippen molar-refractivity contribution in [2.75, 3.05) is 33.2 Å². The van der Waals surface area contributed by atoms with Gasteiger partial charge >= 0.3 is 0 Å². The summed E-state index contributed by atoms with van der Waals surface area (Å²) < 4.78 is 2.09. The first kappa shape index (κ1) is 15.1. The molecular formula is C18H26N4O. The Bertz CT molecular complexity index is 629. The molecule has 5 nitrogen and oxygen atoms in total. The van der Waals surface area contributed by atoms with Crippen LogP contribution < -0.4 is 0 Å². The lowest BCUT2D eigenvalue weighted by atomic mass is 9.72. The van der Waals surface area contributed by atoms with E-state index in [4.69, 9.17) is 4.98 Å². The van der Waals surface area contributed by atoms with Crippen LogP contribution in [0.15, 0.2) is 30.6 Å². The number of hydrogen-bond donors (Lipinski definition) is 1. The molecule has 1 atom stereocenters. The van der Waals surface area contributed by atoms with E-state index < -0.39 is 0 Å².